The molecule has 1 aromatic carbocycles. The van der Waals surface area contributed by atoms with Crippen LogP contribution < -0.4 is 5.32 Å². The fraction of sp³-hybridized carbons (Fsp3) is 0.455. The number of nitrogens with zero attached hydrogens (tertiary/aromatic N) is 2. The Morgan fingerprint density at radius 3 is 2.45 bits per heavy atom. The Labute approximate surface area is 169 Å². The number of non-ortho nitro benzene ring substituents is 1. The topological polar surface area (TPSA) is 92.6 Å². The zero-order valence-corrected chi connectivity index (χ0v) is 16.6. The van der Waals surface area contributed by atoms with E-state index in [2.05, 4.69) is 5.32 Å². The minimum Gasteiger partial charge on any atom is -0.362 e. The third-order valence-corrected chi connectivity index (χ3v) is 6.09. The number of nitro benzene ring substituents is 1. The average Bonchev–Trinajstić information content (AvgIpc) is 2.73. The first-order valence-electron chi connectivity index (χ1n) is 10.2. The second-order valence-corrected chi connectivity index (χ2v) is 7.97. The van der Waals surface area contributed by atoms with Gasteiger partial charge in [0, 0.05) is 60.1 Å². The van der Waals surface area contributed by atoms with Crippen molar-refractivity contribution >= 4 is 17.4 Å². The summed E-state index contributed by atoms with van der Waals surface area (Å²) in [4.78, 5) is 38.9. The van der Waals surface area contributed by atoms with Crippen LogP contribution in [0.2, 0.25) is 0 Å². The van der Waals surface area contributed by atoms with Crippen molar-refractivity contribution in [1.82, 2.24) is 10.2 Å². The number of benzene rings is 1. The highest BCUT2D eigenvalue weighted by molar-refractivity contribution is 6.05. The molecule has 2 heterocycles. The number of likely N-dealkylation sites (tertiary alicyclic amines) is 1. The molecule has 7 heteroatoms. The lowest BCUT2D eigenvalue weighted by Crippen LogP contribution is -2.42. The summed E-state index contributed by atoms with van der Waals surface area (Å²) >= 11 is 0. The standard InChI is InChI=1S/C22H25N3O4/c1-14-19(22(27)24-12-3-2-4-13-24)20(15-8-10-16(11-9-15)25(28)29)21-17(23-14)6-5-7-18(21)26/h8-11,20,23H,2-7,12-13H2,1H3/t20-/m1/s1. The number of rotatable bonds is 3. The van der Waals surface area contributed by atoms with Gasteiger partial charge in [-0.1, -0.05) is 12.1 Å². The first-order chi connectivity index (χ1) is 14.0. The van der Waals surface area contributed by atoms with E-state index in [-0.39, 0.29) is 17.4 Å². The summed E-state index contributed by atoms with van der Waals surface area (Å²) in [6.07, 6.45) is 5.13. The summed E-state index contributed by atoms with van der Waals surface area (Å²) in [5.41, 5.74) is 3.65. The Morgan fingerprint density at radius 2 is 1.79 bits per heavy atom. The maximum atomic E-state index is 13.5. The van der Waals surface area contributed by atoms with E-state index in [0.717, 1.165) is 62.2 Å². The molecule has 152 valence electrons. The molecule has 0 saturated carbocycles. The number of carbonyl (C=O) groups is 2. The molecule has 0 spiro atoms. The molecule has 7 nitrogen and oxygen atoms in total. The molecule has 1 N–H and O–H groups in total. The van der Waals surface area contributed by atoms with Crippen LogP contribution in [0.1, 0.15) is 56.9 Å². The predicted octanol–water partition coefficient (Wildman–Crippen LogP) is 3.58. The second kappa shape index (κ2) is 7.81. The van der Waals surface area contributed by atoms with E-state index in [1.165, 1.54) is 12.1 Å². The van der Waals surface area contributed by atoms with Gasteiger partial charge in [-0.2, -0.15) is 0 Å². The molecule has 29 heavy (non-hydrogen) atoms. The number of carbonyl (C=O) groups excluding carboxylic acids is 2. The van der Waals surface area contributed by atoms with Gasteiger partial charge >= 0.3 is 0 Å². The van der Waals surface area contributed by atoms with Gasteiger partial charge in [-0.25, -0.2) is 0 Å². The number of Topliss-reactive ketones (excluding diaryl/α,β-unsaturated/α-hetero) is 1. The zero-order valence-electron chi connectivity index (χ0n) is 16.6. The molecule has 0 bridgehead atoms. The number of nitrogens with one attached hydrogen (secondary N) is 1. The molecule has 0 aromatic heterocycles. The van der Waals surface area contributed by atoms with Crippen molar-refractivity contribution in [2.75, 3.05) is 13.1 Å². The number of dihydropyridines is 1. The molecule has 4 rings (SSSR count). The Bertz CT molecular complexity index is 924. The van der Waals surface area contributed by atoms with Crippen molar-refractivity contribution in [1.29, 1.82) is 0 Å². The fourth-order valence-electron chi connectivity index (χ4n) is 4.66. The van der Waals surface area contributed by atoms with Gasteiger partial charge in [0.25, 0.3) is 11.6 Å². The zero-order chi connectivity index (χ0) is 20.5. The summed E-state index contributed by atoms with van der Waals surface area (Å²) < 4.78 is 0. The first-order valence-corrected chi connectivity index (χ1v) is 10.2. The molecule has 1 atom stereocenters. The van der Waals surface area contributed by atoms with Crippen molar-refractivity contribution in [2.24, 2.45) is 0 Å². The van der Waals surface area contributed by atoms with E-state index >= 15 is 0 Å². The Hall–Kier alpha value is -2.96. The number of hydrogen-bond acceptors (Lipinski definition) is 5. The number of nitro groups is 1. The monoisotopic (exact) mass is 395 g/mol. The first kappa shape index (κ1) is 19.4. The van der Waals surface area contributed by atoms with Crippen LogP contribution in [0, 0.1) is 10.1 Å². The van der Waals surface area contributed by atoms with Crippen LogP contribution in [0.25, 0.3) is 0 Å². The van der Waals surface area contributed by atoms with Gasteiger partial charge < -0.3 is 10.2 Å². The van der Waals surface area contributed by atoms with Crippen molar-refractivity contribution in [3.05, 3.63) is 62.5 Å². The fourth-order valence-corrected chi connectivity index (χ4v) is 4.66. The highest BCUT2D eigenvalue weighted by Crippen LogP contribution is 2.43. The molecular weight excluding hydrogens is 370 g/mol. The third-order valence-electron chi connectivity index (χ3n) is 6.09. The van der Waals surface area contributed by atoms with Crippen molar-refractivity contribution in [3.63, 3.8) is 0 Å². The number of amides is 1. The lowest BCUT2D eigenvalue weighted by atomic mass is 9.74. The maximum absolute atomic E-state index is 13.5. The Kier molecular flexibility index (Phi) is 5.22. The number of hydrogen-bond donors (Lipinski definition) is 1. The quantitative estimate of drug-likeness (QED) is 0.624. The summed E-state index contributed by atoms with van der Waals surface area (Å²) in [5.74, 6) is -0.462. The molecule has 3 aliphatic rings. The van der Waals surface area contributed by atoms with Crippen LogP contribution in [0.3, 0.4) is 0 Å². The number of piperidine rings is 1. The third kappa shape index (κ3) is 3.57. The van der Waals surface area contributed by atoms with Crippen molar-refractivity contribution in [3.8, 4) is 0 Å². The highest BCUT2D eigenvalue weighted by atomic mass is 16.6. The smallest absolute Gasteiger partial charge is 0.269 e. The van der Waals surface area contributed by atoms with Crippen LogP contribution in [-0.4, -0.2) is 34.6 Å². The Morgan fingerprint density at radius 1 is 1.10 bits per heavy atom. The van der Waals surface area contributed by atoms with Gasteiger partial charge in [0.05, 0.1) is 4.92 Å². The number of allylic oxidation sites excluding steroid dienone is 3. The normalized spacial score (nSPS) is 22.3. The molecule has 0 unspecified atom stereocenters. The van der Waals surface area contributed by atoms with Gasteiger partial charge in [0.1, 0.15) is 0 Å². The molecule has 0 radical (unpaired) electrons. The van der Waals surface area contributed by atoms with Gasteiger partial charge in [-0.3, -0.25) is 19.7 Å². The largest absolute Gasteiger partial charge is 0.362 e. The predicted molar refractivity (Wildman–Crippen MR) is 108 cm³/mol. The molecule has 1 fully saturated rings. The van der Waals surface area contributed by atoms with E-state index in [9.17, 15) is 19.7 Å². The van der Waals surface area contributed by atoms with E-state index in [4.69, 9.17) is 0 Å². The van der Waals surface area contributed by atoms with Gasteiger partial charge in [-0.05, 0) is 44.6 Å². The van der Waals surface area contributed by atoms with Crippen LogP contribution >= 0.6 is 0 Å². The minimum atomic E-state index is -0.478. The summed E-state index contributed by atoms with van der Waals surface area (Å²) in [6, 6.07) is 6.25. The van der Waals surface area contributed by atoms with Crippen LogP contribution in [-0.2, 0) is 9.59 Å². The van der Waals surface area contributed by atoms with Crippen LogP contribution in [0.15, 0.2) is 46.8 Å². The molecular formula is C22H25N3O4. The highest BCUT2D eigenvalue weighted by Gasteiger charge is 2.39. The number of ketones is 1. The van der Waals surface area contributed by atoms with Crippen LogP contribution in [0.4, 0.5) is 5.69 Å². The van der Waals surface area contributed by atoms with E-state index in [1.54, 1.807) is 12.1 Å². The van der Waals surface area contributed by atoms with Crippen LogP contribution in [0.5, 0.6) is 0 Å². The molecule has 1 aliphatic carbocycles. The molecule has 1 amide bonds. The molecule has 1 aromatic rings. The maximum Gasteiger partial charge on any atom is 0.269 e. The minimum absolute atomic E-state index is 0.00327. The van der Waals surface area contributed by atoms with Gasteiger partial charge in [-0.15, -0.1) is 0 Å². The van der Waals surface area contributed by atoms with Crippen molar-refractivity contribution < 1.29 is 14.5 Å². The van der Waals surface area contributed by atoms with Crippen molar-refractivity contribution in [2.45, 2.75) is 51.4 Å². The summed E-state index contributed by atoms with van der Waals surface area (Å²) in [5, 5.41) is 14.4. The lowest BCUT2D eigenvalue weighted by molar-refractivity contribution is -0.384. The van der Waals surface area contributed by atoms with Gasteiger partial charge in [0.15, 0.2) is 5.78 Å². The second-order valence-electron chi connectivity index (χ2n) is 7.97. The SMILES string of the molecule is CC1=C(C(=O)N2CCCCC2)[C@@H](c2ccc([N+](=O)[O-])cc2)C2=C(CCCC2=O)N1. The van der Waals surface area contributed by atoms with Gasteiger partial charge in [0.2, 0.25) is 0 Å². The molecule has 2 aliphatic heterocycles. The summed E-state index contributed by atoms with van der Waals surface area (Å²) in [6.45, 7) is 3.34. The lowest BCUT2D eigenvalue weighted by Gasteiger charge is -2.37. The van der Waals surface area contributed by atoms with E-state index in [1.807, 2.05) is 11.8 Å². The molecule has 1 saturated heterocycles. The van der Waals surface area contributed by atoms with E-state index < -0.39 is 10.8 Å². The van der Waals surface area contributed by atoms with E-state index in [0.29, 0.717) is 17.6 Å². The Balaban J connectivity index is 1.80. The summed E-state index contributed by atoms with van der Waals surface area (Å²) in [7, 11) is 0. The average molecular weight is 395 g/mol.